The summed E-state index contributed by atoms with van der Waals surface area (Å²) in [6.45, 7) is 0. The van der Waals surface area contributed by atoms with Gasteiger partial charge in [-0.2, -0.15) is 0 Å². The second-order valence-corrected chi connectivity index (χ2v) is 3.54. The van der Waals surface area contributed by atoms with Gasteiger partial charge in [-0.3, -0.25) is 10.9 Å². The van der Waals surface area contributed by atoms with Crippen LogP contribution in [0.1, 0.15) is 0 Å². The molecule has 0 saturated carbocycles. The number of aromatic nitrogens is 3. The van der Waals surface area contributed by atoms with Crippen molar-refractivity contribution in [1.82, 2.24) is 14.8 Å². The maximum Gasteiger partial charge on any atom is 0.349 e. The molecule has 1 aliphatic heterocycles. The van der Waals surface area contributed by atoms with Gasteiger partial charge in [0.15, 0.2) is 0 Å². The van der Waals surface area contributed by atoms with Gasteiger partial charge in [0, 0.05) is 5.02 Å². The molecule has 0 radical (unpaired) electrons. The second-order valence-electron chi connectivity index (χ2n) is 3.10. The molecule has 6 nitrogen and oxygen atoms in total. The Hall–Kier alpha value is -1.95. The van der Waals surface area contributed by atoms with Crippen molar-refractivity contribution < 1.29 is 0 Å². The van der Waals surface area contributed by atoms with Gasteiger partial charge < -0.3 is 0 Å². The predicted molar refractivity (Wildman–Crippen MR) is 56.4 cm³/mol. The molecule has 15 heavy (non-hydrogen) atoms. The molecule has 0 amide bonds. The lowest BCUT2D eigenvalue weighted by Gasteiger charge is -2.19. The normalized spacial score (nSPS) is 12.3. The summed E-state index contributed by atoms with van der Waals surface area (Å²) in [6.07, 6.45) is 0. The number of H-pyrrole nitrogens is 1. The highest BCUT2D eigenvalue weighted by atomic mass is 35.5. The van der Waals surface area contributed by atoms with Crippen molar-refractivity contribution in [2.45, 2.75) is 0 Å². The third-order valence-electron chi connectivity index (χ3n) is 2.18. The highest BCUT2D eigenvalue weighted by Crippen LogP contribution is 2.27. The summed E-state index contributed by atoms with van der Waals surface area (Å²) >= 11 is 5.84. The molecule has 0 fully saturated rings. The molecule has 76 valence electrons. The zero-order valence-electron chi connectivity index (χ0n) is 7.41. The Morgan fingerprint density at radius 3 is 3.07 bits per heavy atom. The quantitative estimate of drug-likeness (QED) is 0.622. The molecule has 2 heterocycles. The Balaban J connectivity index is 2.33. The Bertz CT molecular complexity index is 587. The van der Waals surface area contributed by atoms with Crippen LogP contribution in [0.5, 0.6) is 0 Å². The fraction of sp³-hybridized carbons (Fsp3) is 0. The largest absolute Gasteiger partial charge is 0.349 e. The molecule has 7 heteroatoms. The van der Waals surface area contributed by atoms with Gasteiger partial charge in [-0.25, -0.2) is 14.5 Å². The van der Waals surface area contributed by atoms with Crippen LogP contribution in [-0.2, 0) is 0 Å². The lowest BCUT2D eigenvalue weighted by molar-refractivity contribution is 0.969. The van der Waals surface area contributed by atoms with Crippen LogP contribution in [0.15, 0.2) is 23.0 Å². The zero-order valence-corrected chi connectivity index (χ0v) is 8.17. The average Bonchev–Trinajstić information content (AvgIpc) is 2.60. The van der Waals surface area contributed by atoms with E-state index in [0.717, 1.165) is 5.69 Å². The van der Waals surface area contributed by atoms with Crippen molar-refractivity contribution in [3.05, 3.63) is 33.7 Å². The van der Waals surface area contributed by atoms with Gasteiger partial charge in [-0.05, 0) is 18.2 Å². The molecule has 0 spiro atoms. The summed E-state index contributed by atoms with van der Waals surface area (Å²) in [5.41, 5.74) is 6.84. The first-order valence-electron chi connectivity index (χ1n) is 4.25. The summed E-state index contributed by atoms with van der Waals surface area (Å²) in [6, 6.07) is 5.20. The lowest BCUT2D eigenvalue weighted by Crippen LogP contribution is -2.25. The van der Waals surface area contributed by atoms with Crippen LogP contribution >= 0.6 is 11.6 Å². The Labute approximate surface area is 88.8 Å². The number of benzene rings is 1. The zero-order chi connectivity index (χ0) is 10.4. The number of rotatable bonds is 0. The molecule has 2 aromatic rings. The highest BCUT2D eigenvalue weighted by molar-refractivity contribution is 6.31. The first-order valence-corrected chi connectivity index (χ1v) is 4.63. The third kappa shape index (κ3) is 1.11. The van der Waals surface area contributed by atoms with E-state index in [4.69, 9.17) is 11.6 Å². The molecule has 3 rings (SSSR count). The molecule has 0 saturated heterocycles. The second kappa shape index (κ2) is 2.77. The van der Waals surface area contributed by atoms with Gasteiger partial charge >= 0.3 is 5.69 Å². The van der Waals surface area contributed by atoms with E-state index in [1.807, 2.05) is 0 Å². The maximum absolute atomic E-state index is 11.5. The molecule has 0 unspecified atom stereocenters. The molecule has 0 bridgehead atoms. The summed E-state index contributed by atoms with van der Waals surface area (Å²) in [4.78, 5) is 11.5. The Kier molecular flexibility index (Phi) is 1.54. The van der Waals surface area contributed by atoms with Gasteiger partial charge in [0.25, 0.3) is 0 Å². The van der Waals surface area contributed by atoms with E-state index in [0.29, 0.717) is 16.7 Å². The van der Waals surface area contributed by atoms with Crippen LogP contribution in [0.25, 0.3) is 5.69 Å². The van der Waals surface area contributed by atoms with Gasteiger partial charge in [0.1, 0.15) is 0 Å². The van der Waals surface area contributed by atoms with Crippen LogP contribution in [0.2, 0.25) is 5.02 Å². The van der Waals surface area contributed by atoms with E-state index < -0.39 is 0 Å². The predicted octanol–water partition coefficient (Wildman–Crippen LogP) is 0.966. The van der Waals surface area contributed by atoms with E-state index in [1.165, 1.54) is 4.57 Å². The van der Waals surface area contributed by atoms with Crippen molar-refractivity contribution >= 4 is 23.2 Å². The number of fused-ring (bicyclic) bond motifs is 3. The van der Waals surface area contributed by atoms with Gasteiger partial charge in [0.05, 0.1) is 11.4 Å². The fourth-order valence-corrected chi connectivity index (χ4v) is 1.70. The number of hydrogen-bond donors (Lipinski definition) is 3. The molecule has 1 aromatic carbocycles. The molecule has 1 aromatic heterocycles. The number of nitrogens with one attached hydrogen (secondary N) is 3. The summed E-state index contributed by atoms with van der Waals surface area (Å²) < 4.78 is 1.43. The fourth-order valence-electron chi connectivity index (χ4n) is 1.53. The first kappa shape index (κ1) is 8.37. The average molecular weight is 224 g/mol. The number of anilines is 2. The SMILES string of the molecule is O=c1[nH]nc2n1-c1ccc(Cl)cc1NN2. The minimum Gasteiger partial charge on any atom is -0.296 e. The summed E-state index contributed by atoms with van der Waals surface area (Å²) in [7, 11) is 0. The van der Waals surface area contributed by atoms with Crippen molar-refractivity contribution in [2.24, 2.45) is 0 Å². The standard InChI is InChI=1S/C8H6ClN5O/c9-4-1-2-6-5(3-4)10-11-7-12-13-8(15)14(6)7/h1-3,10H,(H,11,12)(H,13,15). The monoisotopic (exact) mass is 223 g/mol. The number of halogens is 1. The van der Waals surface area contributed by atoms with E-state index in [1.54, 1.807) is 18.2 Å². The summed E-state index contributed by atoms with van der Waals surface area (Å²) in [5.74, 6) is 0.426. The molecular formula is C8H6ClN5O. The van der Waals surface area contributed by atoms with Gasteiger partial charge in [0.2, 0.25) is 5.95 Å². The minimum atomic E-state index is -0.289. The molecular weight excluding hydrogens is 218 g/mol. The van der Waals surface area contributed by atoms with Crippen LogP contribution in [0.3, 0.4) is 0 Å². The van der Waals surface area contributed by atoms with Crippen LogP contribution < -0.4 is 16.5 Å². The highest BCUT2D eigenvalue weighted by Gasteiger charge is 2.18. The van der Waals surface area contributed by atoms with Crippen molar-refractivity contribution in [2.75, 3.05) is 10.9 Å². The van der Waals surface area contributed by atoms with E-state index in [9.17, 15) is 4.79 Å². The number of hydrazine groups is 1. The van der Waals surface area contributed by atoms with E-state index >= 15 is 0 Å². The smallest absolute Gasteiger partial charge is 0.296 e. The minimum absolute atomic E-state index is 0.289. The third-order valence-corrected chi connectivity index (χ3v) is 2.42. The molecule has 0 atom stereocenters. The van der Waals surface area contributed by atoms with Crippen molar-refractivity contribution in [1.29, 1.82) is 0 Å². The Morgan fingerprint density at radius 2 is 2.20 bits per heavy atom. The number of hydrogen-bond acceptors (Lipinski definition) is 4. The van der Waals surface area contributed by atoms with E-state index in [-0.39, 0.29) is 5.69 Å². The molecule has 1 aliphatic rings. The van der Waals surface area contributed by atoms with Crippen molar-refractivity contribution in [3.8, 4) is 5.69 Å². The first-order chi connectivity index (χ1) is 7.25. The van der Waals surface area contributed by atoms with Crippen LogP contribution in [0.4, 0.5) is 11.6 Å². The molecule has 0 aliphatic carbocycles. The summed E-state index contributed by atoms with van der Waals surface area (Å²) in [5, 5.41) is 6.75. The van der Waals surface area contributed by atoms with Gasteiger partial charge in [-0.1, -0.05) is 11.6 Å². The topological polar surface area (TPSA) is 74.7 Å². The molecule has 3 N–H and O–H groups in total. The van der Waals surface area contributed by atoms with Crippen molar-refractivity contribution in [3.63, 3.8) is 0 Å². The number of nitrogens with zero attached hydrogens (tertiary/aromatic N) is 2. The maximum atomic E-state index is 11.5. The van der Waals surface area contributed by atoms with Gasteiger partial charge in [-0.15, -0.1) is 5.10 Å². The lowest BCUT2D eigenvalue weighted by atomic mass is 10.2. The van der Waals surface area contributed by atoms with E-state index in [2.05, 4.69) is 21.0 Å². The van der Waals surface area contributed by atoms with Crippen LogP contribution in [-0.4, -0.2) is 14.8 Å². The number of aromatic amines is 1. The van der Waals surface area contributed by atoms with Crippen LogP contribution in [0, 0.1) is 0 Å². The Morgan fingerprint density at radius 1 is 1.33 bits per heavy atom.